The molecule has 2 aromatic carbocycles. The first-order chi connectivity index (χ1) is 12.6. The molecule has 0 fully saturated rings. The van der Waals surface area contributed by atoms with Gasteiger partial charge >= 0.3 is 0 Å². The van der Waals surface area contributed by atoms with Crippen molar-refractivity contribution in [2.24, 2.45) is 0 Å². The van der Waals surface area contributed by atoms with Crippen molar-refractivity contribution in [3.63, 3.8) is 0 Å². The molecular formula is C22H22ClFN2. The molecule has 1 aliphatic rings. The molecule has 4 rings (SSSR count). The molecule has 1 aromatic heterocycles. The molecule has 134 valence electrons. The van der Waals surface area contributed by atoms with E-state index >= 15 is 0 Å². The lowest BCUT2D eigenvalue weighted by molar-refractivity contribution is 0.312. The van der Waals surface area contributed by atoms with Gasteiger partial charge in [-0.15, -0.1) is 0 Å². The van der Waals surface area contributed by atoms with E-state index in [-0.39, 0.29) is 5.82 Å². The third kappa shape index (κ3) is 3.06. The molecule has 0 amide bonds. The highest BCUT2D eigenvalue weighted by molar-refractivity contribution is 6.31. The van der Waals surface area contributed by atoms with Crippen molar-refractivity contribution in [3.8, 4) is 0 Å². The van der Waals surface area contributed by atoms with E-state index in [4.69, 9.17) is 11.6 Å². The standard InChI is InChI=1S/C22H22ClFN2/c1-3-15(16-4-7-18(24)8-5-16)13-26-21-9-6-17(23)12-19(21)20-14-25(2)11-10-22(20)26/h4-9,12-13H,3,10-11,14H2,1-2H3/b15-13+. The minimum atomic E-state index is -0.203. The van der Waals surface area contributed by atoms with E-state index in [1.165, 1.54) is 39.9 Å². The first-order valence-corrected chi connectivity index (χ1v) is 9.41. The molecule has 0 spiro atoms. The molecule has 0 N–H and O–H groups in total. The molecule has 1 aliphatic heterocycles. The summed E-state index contributed by atoms with van der Waals surface area (Å²) in [5.74, 6) is -0.203. The van der Waals surface area contributed by atoms with E-state index in [1.807, 2.05) is 18.2 Å². The Morgan fingerprint density at radius 1 is 1.19 bits per heavy atom. The SMILES string of the molecule is CC/C(=C\n1c2c(c3cc(Cl)ccc31)CN(C)CC2)c1ccc(F)cc1. The Bertz CT molecular complexity index is 986. The highest BCUT2D eigenvalue weighted by Gasteiger charge is 2.22. The van der Waals surface area contributed by atoms with Crippen LogP contribution in [-0.2, 0) is 13.0 Å². The molecule has 4 heteroatoms. The van der Waals surface area contributed by atoms with E-state index in [9.17, 15) is 4.39 Å². The Balaban J connectivity index is 1.91. The third-order valence-corrected chi connectivity index (χ3v) is 5.46. The summed E-state index contributed by atoms with van der Waals surface area (Å²) < 4.78 is 15.6. The molecule has 0 bridgehead atoms. The van der Waals surface area contributed by atoms with E-state index < -0.39 is 0 Å². The molecule has 0 unspecified atom stereocenters. The molecular weight excluding hydrogens is 347 g/mol. The summed E-state index contributed by atoms with van der Waals surface area (Å²) in [5, 5.41) is 1.99. The molecule has 2 nitrogen and oxygen atoms in total. The number of rotatable bonds is 3. The quantitative estimate of drug-likeness (QED) is 0.564. The predicted octanol–water partition coefficient (Wildman–Crippen LogP) is 5.83. The van der Waals surface area contributed by atoms with Gasteiger partial charge in [0.1, 0.15) is 5.82 Å². The van der Waals surface area contributed by atoms with Gasteiger partial charge in [0, 0.05) is 41.8 Å². The smallest absolute Gasteiger partial charge is 0.123 e. The summed E-state index contributed by atoms with van der Waals surface area (Å²) in [6.07, 6.45) is 4.11. The van der Waals surface area contributed by atoms with Gasteiger partial charge in [-0.3, -0.25) is 0 Å². The number of fused-ring (bicyclic) bond motifs is 3. The second kappa shape index (κ2) is 6.90. The number of aromatic nitrogens is 1. The molecule has 0 radical (unpaired) electrons. The van der Waals surface area contributed by atoms with Crippen LogP contribution >= 0.6 is 11.6 Å². The molecule has 0 aliphatic carbocycles. The lowest BCUT2D eigenvalue weighted by Crippen LogP contribution is -2.26. The van der Waals surface area contributed by atoms with Gasteiger partial charge < -0.3 is 9.47 Å². The lowest BCUT2D eigenvalue weighted by atomic mass is 10.0. The predicted molar refractivity (Wildman–Crippen MR) is 108 cm³/mol. The van der Waals surface area contributed by atoms with Crippen molar-refractivity contribution < 1.29 is 4.39 Å². The maximum Gasteiger partial charge on any atom is 0.123 e. The summed E-state index contributed by atoms with van der Waals surface area (Å²) in [4.78, 5) is 2.34. The van der Waals surface area contributed by atoms with Crippen LogP contribution in [0.1, 0.15) is 30.2 Å². The van der Waals surface area contributed by atoms with Crippen molar-refractivity contribution in [1.82, 2.24) is 9.47 Å². The van der Waals surface area contributed by atoms with Crippen molar-refractivity contribution >= 4 is 34.3 Å². The van der Waals surface area contributed by atoms with Gasteiger partial charge in [0.15, 0.2) is 0 Å². The van der Waals surface area contributed by atoms with Crippen LogP contribution in [0.15, 0.2) is 42.5 Å². The van der Waals surface area contributed by atoms with Crippen molar-refractivity contribution in [1.29, 1.82) is 0 Å². The number of hydrogen-bond donors (Lipinski definition) is 0. The van der Waals surface area contributed by atoms with Crippen molar-refractivity contribution in [2.45, 2.75) is 26.3 Å². The minimum Gasteiger partial charge on any atom is -0.320 e. The van der Waals surface area contributed by atoms with Gasteiger partial charge in [0.25, 0.3) is 0 Å². The van der Waals surface area contributed by atoms with Crippen LogP contribution in [0.4, 0.5) is 4.39 Å². The van der Waals surface area contributed by atoms with Crippen LogP contribution in [0.3, 0.4) is 0 Å². The van der Waals surface area contributed by atoms with E-state index in [0.29, 0.717) is 0 Å². The first kappa shape index (κ1) is 17.3. The molecule has 0 saturated heterocycles. The summed E-state index contributed by atoms with van der Waals surface area (Å²) in [7, 11) is 2.16. The van der Waals surface area contributed by atoms with Gasteiger partial charge in [-0.05, 0) is 60.5 Å². The normalized spacial score (nSPS) is 15.5. The third-order valence-electron chi connectivity index (χ3n) is 5.22. The molecule has 3 aromatic rings. The number of likely N-dealkylation sites (N-methyl/N-ethyl adjacent to an activating group) is 1. The van der Waals surface area contributed by atoms with Gasteiger partial charge in [-0.25, -0.2) is 4.39 Å². The first-order valence-electron chi connectivity index (χ1n) is 9.03. The second-order valence-corrected chi connectivity index (χ2v) is 7.40. The second-order valence-electron chi connectivity index (χ2n) is 6.96. The number of hydrogen-bond acceptors (Lipinski definition) is 1. The monoisotopic (exact) mass is 368 g/mol. The Hall–Kier alpha value is -2.10. The highest BCUT2D eigenvalue weighted by atomic mass is 35.5. The maximum absolute atomic E-state index is 13.3. The van der Waals surface area contributed by atoms with Crippen LogP contribution < -0.4 is 0 Å². The fourth-order valence-corrected chi connectivity index (χ4v) is 4.01. The topological polar surface area (TPSA) is 8.17 Å². The zero-order valence-corrected chi connectivity index (χ0v) is 15.9. The summed E-state index contributed by atoms with van der Waals surface area (Å²) >= 11 is 6.28. The van der Waals surface area contributed by atoms with Crippen LogP contribution in [0, 0.1) is 5.82 Å². The lowest BCUT2D eigenvalue weighted by Gasteiger charge is -2.23. The Kier molecular flexibility index (Phi) is 4.60. The summed E-state index contributed by atoms with van der Waals surface area (Å²) in [6, 6.07) is 12.9. The van der Waals surface area contributed by atoms with Crippen molar-refractivity contribution in [3.05, 3.63) is 70.1 Å². The molecule has 26 heavy (non-hydrogen) atoms. The average molecular weight is 369 g/mol. The van der Waals surface area contributed by atoms with E-state index in [1.54, 1.807) is 0 Å². The van der Waals surface area contributed by atoms with Crippen LogP contribution in [0.5, 0.6) is 0 Å². The van der Waals surface area contributed by atoms with Crippen LogP contribution in [-0.4, -0.2) is 23.1 Å². The number of allylic oxidation sites excluding steroid dienone is 1. The number of halogens is 2. The van der Waals surface area contributed by atoms with Gasteiger partial charge in [0.2, 0.25) is 0 Å². The highest BCUT2D eigenvalue weighted by Crippen LogP contribution is 2.34. The Morgan fingerprint density at radius 3 is 2.69 bits per heavy atom. The van der Waals surface area contributed by atoms with Gasteiger partial charge in [-0.1, -0.05) is 30.7 Å². The number of nitrogens with zero attached hydrogens (tertiary/aromatic N) is 2. The molecule has 0 saturated carbocycles. The molecule has 0 atom stereocenters. The summed E-state index contributed by atoms with van der Waals surface area (Å²) in [6.45, 7) is 4.12. The fourth-order valence-electron chi connectivity index (χ4n) is 3.84. The molecule has 2 heterocycles. The largest absolute Gasteiger partial charge is 0.320 e. The van der Waals surface area contributed by atoms with Crippen LogP contribution in [0.25, 0.3) is 22.7 Å². The fraction of sp³-hybridized carbons (Fsp3) is 0.273. The van der Waals surface area contributed by atoms with Gasteiger partial charge in [-0.2, -0.15) is 0 Å². The zero-order valence-electron chi connectivity index (χ0n) is 15.1. The zero-order chi connectivity index (χ0) is 18.3. The van der Waals surface area contributed by atoms with E-state index in [2.05, 4.69) is 41.8 Å². The average Bonchev–Trinajstić information content (AvgIpc) is 2.93. The minimum absolute atomic E-state index is 0.203. The Labute approximate surface area is 158 Å². The van der Waals surface area contributed by atoms with E-state index in [0.717, 1.165) is 36.5 Å². The van der Waals surface area contributed by atoms with Gasteiger partial charge in [0.05, 0.1) is 5.52 Å². The summed E-state index contributed by atoms with van der Waals surface area (Å²) in [5.41, 5.74) is 6.16. The van der Waals surface area contributed by atoms with Crippen molar-refractivity contribution in [2.75, 3.05) is 13.6 Å². The Morgan fingerprint density at radius 2 is 1.96 bits per heavy atom. The number of benzene rings is 2. The maximum atomic E-state index is 13.3. The van der Waals surface area contributed by atoms with Crippen LogP contribution in [0.2, 0.25) is 5.02 Å².